The Hall–Kier alpha value is -2.42. The van der Waals surface area contributed by atoms with Gasteiger partial charge in [-0.15, -0.1) is 22.0 Å². The van der Waals surface area contributed by atoms with Crippen molar-refractivity contribution in [1.82, 2.24) is 14.8 Å². The molecule has 0 aliphatic heterocycles. The third kappa shape index (κ3) is 4.50. The average Bonchev–Trinajstić information content (AvgIpc) is 3.35. The van der Waals surface area contributed by atoms with Crippen LogP contribution in [0.5, 0.6) is 0 Å². The van der Waals surface area contributed by atoms with Gasteiger partial charge in [-0.2, -0.15) is 0 Å². The lowest BCUT2D eigenvalue weighted by Crippen LogP contribution is -2.14. The maximum absolute atomic E-state index is 12.4. The largest absolute Gasteiger partial charge is 0.453 e. The van der Waals surface area contributed by atoms with Gasteiger partial charge in [-0.25, -0.2) is 0 Å². The topological polar surface area (TPSA) is 73.0 Å². The first-order chi connectivity index (χ1) is 14.6. The summed E-state index contributed by atoms with van der Waals surface area (Å²) in [6.07, 6.45) is 2.00. The molecule has 1 N–H and O–H groups in total. The van der Waals surface area contributed by atoms with Crippen molar-refractivity contribution in [3.05, 3.63) is 53.6 Å². The van der Waals surface area contributed by atoms with Crippen molar-refractivity contribution >= 4 is 57.7 Å². The van der Waals surface area contributed by atoms with E-state index in [-0.39, 0.29) is 11.7 Å². The molecule has 4 aromatic rings. The molecule has 9 heteroatoms. The summed E-state index contributed by atoms with van der Waals surface area (Å²) in [7, 11) is 0. The summed E-state index contributed by atoms with van der Waals surface area (Å²) in [6, 6.07) is 15.1. The molecule has 0 aliphatic carbocycles. The molecule has 2 aromatic carbocycles. The number of thioether (sulfide) groups is 2. The van der Waals surface area contributed by atoms with Gasteiger partial charge >= 0.3 is 0 Å². The molecule has 0 atom stereocenters. The van der Waals surface area contributed by atoms with Crippen LogP contribution in [0, 0.1) is 0 Å². The highest BCUT2D eigenvalue weighted by Gasteiger charge is 2.18. The number of hydrogen-bond acceptors (Lipinski definition) is 6. The number of anilines is 1. The number of amides is 1. The minimum Gasteiger partial charge on any atom is -0.453 e. The second kappa shape index (κ2) is 9.16. The van der Waals surface area contributed by atoms with Crippen LogP contribution in [-0.4, -0.2) is 32.7 Å². The van der Waals surface area contributed by atoms with Gasteiger partial charge in [-0.3, -0.25) is 9.36 Å². The standard InChI is InChI=1S/C21H19ClN4O2S2/c1-3-26-20(18-10-13-9-14(22)7-8-17(13)28-18)24-25-21(26)30-12-19(27)23-15-5-4-6-16(11-15)29-2/h4-11H,3,12H2,1-2H3,(H,23,27). The lowest BCUT2D eigenvalue weighted by atomic mass is 10.2. The van der Waals surface area contributed by atoms with E-state index >= 15 is 0 Å². The van der Waals surface area contributed by atoms with Gasteiger partial charge in [0.05, 0.1) is 5.75 Å². The number of nitrogens with one attached hydrogen (secondary N) is 1. The molecular weight excluding hydrogens is 440 g/mol. The van der Waals surface area contributed by atoms with Crippen LogP contribution in [0.3, 0.4) is 0 Å². The van der Waals surface area contributed by atoms with Crippen molar-refractivity contribution < 1.29 is 9.21 Å². The highest BCUT2D eigenvalue weighted by molar-refractivity contribution is 7.99. The first-order valence-electron chi connectivity index (χ1n) is 9.26. The Morgan fingerprint density at radius 2 is 2.07 bits per heavy atom. The third-order valence-corrected chi connectivity index (χ3v) is 6.34. The smallest absolute Gasteiger partial charge is 0.234 e. The summed E-state index contributed by atoms with van der Waals surface area (Å²) in [6.45, 7) is 2.66. The summed E-state index contributed by atoms with van der Waals surface area (Å²) < 4.78 is 7.85. The highest BCUT2D eigenvalue weighted by Crippen LogP contribution is 2.30. The molecule has 0 saturated carbocycles. The van der Waals surface area contributed by atoms with Crippen LogP contribution >= 0.6 is 35.1 Å². The van der Waals surface area contributed by atoms with Crippen molar-refractivity contribution in [2.45, 2.75) is 23.5 Å². The molecule has 0 saturated heterocycles. The van der Waals surface area contributed by atoms with Gasteiger partial charge in [0.1, 0.15) is 5.58 Å². The zero-order chi connectivity index (χ0) is 21.1. The van der Waals surface area contributed by atoms with Crippen LogP contribution in [0.1, 0.15) is 6.92 Å². The van der Waals surface area contributed by atoms with Gasteiger partial charge in [-0.1, -0.05) is 29.4 Å². The van der Waals surface area contributed by atoms with E-state index in [1.165, 1.54) is 11.8 Å². The van der Waals surface area contributed by atoms with Gasteiger partial charge in [0, 0.05) is 27.5 Å². The van der Waals surface area contributed by atoms with Gasteiger partial charge in [0.15, 0.2) is 10.9 Å². The molecule has 1 amide bonds. The van der Waals surface area contributed by atoms with Crippen molar-refractivity contribution in [3.63, 3.8) is 0 Å². The zero-order valence-corrected chi connectivity index (χ0v) is 18.8. The molecule has 2 heterocycles. The number of fused-ring (bicyclic) bond motifs is 1. The van der Waals surface area contributed by atoms with Crippen LogP contribution in [0.25, 0.3) is 22.6 Å². The molecule has 30 heavy (non-hydrogen) atoms. The summed E-state index contributed by atoms with van der Waals surface area (Å²) in [5, 5.41) is 13.7. The van der Waals surface area contributed by atoms with E-state index in [2.05, 4.69) is 15.5 Å². The Labute approximate surface area is 187 Å². The Bertz CT molecular complexity index is 1200. The van der Waals surface area contributed by atoms with E-state index in [0.717, 1.165) is 21.6 Å². The predicted octanol–water partition coefficient (Wildman–Crippen LogP) is 5.82. The van der Waals surface area contributed by atoms with Crippen LogP contribution in [0.15, 0.2) is 63.0 Å². The van der Waals surface area contributed by atoms with Crippen LogP contribution in [0.4, 0.5) is 5.69 Å². The second-order valence-electron chi connectivity index (χ2n) is 6.41. The Morgan fingerprint density at radius 3 is 2.87 bits per heavy atom. The monoisotopic (exact) mass is 458 g/mol. The number of carbonyl (C=O) groups excluding carboxylic acids is 1. The number of rotatable bonds is 7. The van der Waals surface area contributed by atoms with E-state index in [0.29, 0.717) is 28.3 Å². The maximum Gasteiger partial charge on any atom is 0.234 e. The molecule has 0 radical (unpaired) electrons. The van der Waals surface area contributed by atoms with Crippen molar-refractivity contribution in [3.8, 4) is 11.6 Å². The molecule has 0 unspecified atom stereocenters. The first kappa shape index (κ1) is 20.8. The predicted molar refractivity (Wildman–Crippen MR) is 123 cm³/mol. The molecular formula is C21H19ClN4O2S2. The summed E-state index contributed by atoms with van der Waals surface area (Å²) in [5.74, 6) is 1.38. The van der Waals surface area contributed by atoms with Crippen LogP contribution < -0.4 is 5.32 Å². The summed E-state index contributed by atoms with van der Waals surface area (Å²) >= 11 is 9.04. The van der Waals surface area contributed by atoms with Crippen molar-refractivity contribution in [2.75, 3.05) is 17.3 Å². The Kier molecular flexibility index (Phi) is 6.36. The lowest BCUT2D eigenvalue weighted by molar-refractivity contribution is -0.113. The maximum atomic E-state index is 12.4. The molecule has 0 aliphatic rings. The Morgan fingerprint density at radius 1 is 1.20 bits per heavy atom. The number of furan rings is 1. The molecule has 0 bridgehead atoms. The lowest BCUT2D eigenvalue weighted by Gasteiger charge is -2.07. The molecule has 6 nitrogen and oxygen atoms in total. The quantitative estimate of drug-likeness (QED) is 0.352. The SMILES string of the molecule is CCn1c(SCC(=O)Nc2cccc(SC)c2)nnc1-c1cc2cc(Cl)ccc2o1. The fraction of sp³-hybridized carbons (Fsp3) is 0.190. The van der Waals surface area contributed by atoms with Gasteiger partial charge in [-0.05, 0) is 55.6 Å². The van der Waals surface area contributed by atoms with Crippen molar-refractivity contribution in [2.24, 2.45) is 0 Å². The molecule has 4 rings (SSSR count). The van der Waals surface area contributed by atoms with Gasteiger partial charge < -0.3 is 9.73 Å². The highest BCUT2D eigenvalue weighted by atomic mass is 35.5. The van der Waals surface area contributed by atoms with Gasteiger partial charge in [0.25, 0.3) is 0 Å². The fourth-order valence-corrected chi connectivity index (χ4v) is 4.46. The minimum absolute atomic E-state index is 0.0937. The number of halogens is 1. The van der Waals surface area contributed by atoms with Crippen molar-refractivity contribution in [1.29, 1.82) is 0 Å². The normalized spacial score (nSPS) is 11.2. The molecule has 2 aromatic heterocycles. The number of nitrogens with zero attached hydrogens (tertiary/aromatic N) is 3. The van der Waals surface area contributed by atoms with Gasteiger partial charge in [0.2, 0.25) is 11.7 Å². The van der Waals surface area contributed by atoms with E-state index in [9.17, 15) is 4.79 Å². The number of carbonyl (C=O) groups is 1. The summed E-state index contributed by atoms with van der Waals surface area (Å²) in [5.41, 5.74) is 1.52. The average molecular weight is 459 g/mol. The van der Waals surface area contributed by atoms with Crippen LogP contribution in [-0.2, 0) is 11.3 Å². The molecule has 154 valence electrons. The number of hydrogen-bond donors (Lipinski definition) is 1. The Balaban J connectivity index is 1.48. The van der Waals surface area contributed by atoms with E-state index in [1.54, 1.807) is 17.8 Å². The van der Waals surface area contributed by atoms with E-state index < -0.39 is 0 Å². The second-order valence-corrected chi connectivity index (χ2v) is 8.67. The molecule has 0 spiro atoms. The summed E-state index contributed by atoms with van der Waals surface area (Å²) in [4.78, 5) is 13.5. The van der Waals surface area contributed by atoms with E-state index in [1.807, 2.05) is 60.2 Å². The number of benzene rings is 2. The number of aromatic nitrogens is 3. The van der Waals surface area contributed by atoms with E-state index in [4.69, 9.17) is 16.0 Å². The van der Waals surface area contributed by atoms with Crippen LogP contribution in [0.2, 0.25) is 5.02 Å². The fourth-order valence-electron chi connectivity index (χ4n) is 3.02. The first-order valence-corrected chi connectivity index (χ1v) is 11.9. The molecule has 0 fully saturated rings. The third-order valence-electron chi connectivity index (χ3n) is 4.42. The minimum atomic E-state index is -0.0937. The zero-order valence-electron chi connectivity index (χ0n) is 16.4.